The summed E-state index contributed by atoms with van der Waals surface area (Å²) in [6, 6.07) is 6.94. The van der Waals surface area contributed by atoms with E-state index in [2.05, 4.69) is 15.4 Å². The largest absolute Gasteiger partial charge is 0.480 e. The Morgan fingerprint density at radius 3 is 2.73 bits per heavy atom. The number of halogens is 1. The molecule has 0 bridgehead atoms. The van der Waals surface area contributed by atoms with Crippen LogP contribution in [-0.4, -0.2) is 48.3 Å². The molecule has 1 N–H and O–H groups in total. The van der Waals surface area contributed by atoms with Gasteiger partial charge in [-0.25, -0.2) is 4.68 Å². The van der Waals surface area contributed by atoms with Crippen LogP contribution in [0.2, 0.25) is 5.02 Å². The molecular formula is C16H15ClN6O3. The Bertz CT molecular complexity index is 980. The van der Waals surface area contributed by atoms with E-state index in [9.17, 15) is 9.59 Å². The summed E-state index contributed by atoms with van der Waals surface area (Å²) in [5.74, 6) is -1.73. The highest BCUT2D eigenvalue weighted by Gasteiger charge is 2.27. The molecule has 0 aliphatic carbocycles. The second-order valence-corrected chi connectivity index (χ2v) is 6.01. The first-order chi connectivity index (χ1) is 12.4. The van der Waals surface area contributed by atoms with Crippen molar-refractivity contribution in [3.63, 3.8) is 0 Å². The summed E-state index contributed by atoms with van der Waals surface area (Å²) in [5.41, 5.74) is 1.52. The van der Waals surface area contributed by atoms with Gasteiger partial charge in [-0.2, -0.15) is 5.10 Å². The molecule has 0 saturated heterocycles. The van der Waals surface area contributed by atoms with Crippen molar-refractivity contribution >= 4 is 29.2 Å². The smallest absolute Gasteiger partial charge is 0.323 e. The molecule has 0 unspecified atom stereocenters. The molecule has 0 aliphatic rings. The van der Waals surface area contributed by atoms with Gasteiger partial charge in [-0.15, -0.1) is 5.10 Å². The molecular weight excluding hydrogens is 360 g/mol. The molecule has 1 aromatic carbocycles. The van der Waals surface area contributed by atoms with Crippen molar-refractivity contribution in [2.45, 2.75) is 6.92 Å². The van der Waals surface area contributed by atoms with E-state index in [-0.39, 0.29) is 5.69 Å². The molecule has 3 rings (SSSR count). The van der Waals surface area contributed by atoms with E-state index < -0.39 is 18.4 Å². The van der Waals surface area contributed by atoms with Crippen LogP contribution in [0.25, 0.3) is 5.69 Å². The van der Waals surface area contributed by atoms with Gasteiger partial charge in [0, 0.05) is 18.3 Å². The van der Waals surface area contributed by atoms with Crippen LogP contribution in [0.15, 0.2) is 36.7 Å². The minimum absolute atomic E-state index is 0.0510. The highest BCUT2D eigenvalue weighted by Crippen LogP contribution is 2.20. The Morgan fingerprint density at radius 1 is 1.35 bits per heavy atom. The molecule has 3 aromatic rings. The number of carboxylic acids is 1. The average molecular weight is 375 g/mol. The van der Waals surface area contributed by atoms with E-state index in [1.165, 1.54) is 15.6 Å². The number of hydrogen-bond donors (Lipinski definition) is 1. The third-order valence-electron chi connectivity index (χ3n) is 3.69. The van der Waals surface area contributed by atoms with E-state index >= 15 is 0 Å². The van der Waals surface area contributed by atoms with Crippen LogP contribution in [-0.2, 0) is 11.8 Å². The molecule has 2 aromatic heterocycles. The van der Waals surface area contributed by atoms with E-state index in [1.807, 2.05) is 0 Å². The van der Waals surface area contributed by atoms with Crippen molar-refractivity contribution < 1.29 is 14.7 Å². The number of aryl methyl sites for hydroxylation is 1. The van der Waals surface area contributed by atoms with Gasteiger partial charge in [-0.1, -0.05) is 22.9 Å². The van der Waals surface area contributed by atoms with E-state index in [4.69, 9.17) is 16.7 Å². The number of carboxylic acid groups (broad SMARTS) is 1. The zero-order valence-electron chi connectivity index (χ0n) is 14.0. The lowest BCUT2D eigenvalue weighted by Gasteiger charge is -2.17. The molecule has 1 amide bonds. The molecule has 2 heterocycles. The highest BCUT2D eigenvalue weighted by atomic mass is 35.5. The van der Waals surface area contributed by atoms with Gasteiger partial charge in [0.2, 0.25) is 0 Å². The fourth-order valence-electron chi connectivity index (χ4n) is 2.47. The van der Waals surface area contributed by atoms with Crippen LogP contribution < -0.4 is 4.90 Å². The second kappa shape index (κ2) is 6.96. The molecule has 0 fully saturated rings. The molecule has 26 heavy (non-hydrogen) atoms. The van der Waals surface area contributed by atoms with Gasteiger partial charge in [-0.05, 0) is 25.1 Å². The van der Waals surface area contributed by atoms with Gasteiger partial charge in [0.15, 0.2) is 5.69 Å². The topological polar surface area (TPSA) is 106 Å². The number of rotatable bonds is 5. The summed E-state index contributed by atoms with van der Waals surface area (Å²) in [6.07, 6.45) is 2.97. The molecule has 0 radical (unpaired) electrons. The molecule has 10 heteroatoms. The summed E-state index contributed by atoms with van der Waals surface area (Å²) >= 11 is 6.00. The van der Waals surface area contributed by atoms with Gasteiger partial charge in [-0.3, -0.25) is 19.2 Å². The maximum absolute atomic E-state index is 12.9. The molecule has 0 aliphatic heterocycles. The SMILES string of the molecule is Cc1c(C(=O)N(CC(=O)O)c2cnn(C)c2)nnn1-c1cccc(Cl)c1. The fraction of sp³-hybridized carbons (Fsp3) is 0.188. The zero-order chi connectivity index (χ0) is 18.8. The van der Waals surface area contributed by atoms with Crippen molar-refractivity contribution in [1.29, 1.82) is 0 Å². The van der Waals surface area contributed by atoms with Gasteiger partial charge in [0.25, 0.3) is 5.91 Å². The number of aromatic nitrogens is 5. The lowest BCUT2D eigenvalue weighted by atomic mass is 10.2. The molecule has 0 spiro atoms. The number of anilines is 1. The Morgan fingerprint density at radius 2 is 2.12 bits per heavy atom. The van der Waals surface area contributed by atoms with Crippen molar-refractivity contribution in [2.75, 3.05) is 11.4 Å². The van der Waals surface area contributed by atoms with Crippen LogP contribution in [0.5, 0.6) is 0 Å². The first-order valence-corrected chi connectivity index (χ1v) is 7.95. The zero-order valence-corrected chi connectivity index (χ0v) is 14.8. The summed E-state index contributed by atoms with van der Waals surface area (Å²) in [6.45, 7) is 1.16. The number of hydrogen-bond acceptors (Lipinski definition) is 5. The van der Waals surface area contributed by atoms with Gasteiger partial charge in [0.1, 0.15) is 6.54 Å². The highest BCUT2D eigenvalue weighted by molar-refractivity contribution is 6.30. The maximum atomic E-state index is 12.9. The Kier molecular flexibility index (Phi) is 4.72. The van der Waals surface area contributed by atoms with Crippen LogP contribution in [0.3, 0.4) is 0 Å². The van der Waals surface area contributed by atoms with E-state index in [0.717, 1.165) is 4.90 Å². The lowest BCUT2D eigenvalue weighted by molar-refractivity contribution is -0.135. The third kappa shape index (κ3) is 3.42. The molecule has 9 nitrogen and oxygen atoms in total. The molecule has 0 atom stereocenters. The molecule has 0 saturated carbocycles. The second-order valence-electron chi connectivity index (χ2n) is 5.57. The summed E-state index contributed by atoms with van der Waals surface area (Å²) in [7, 11) is 1.67. The number of nitrogens with zero attached hydrogens (tertiary/aromatic N) is 6. The summed E-state index contributed by atoms with van der Waals surface area (Å²) < 4.78 is 2.95. The van der Waals surface area contributed by atoms with Gasteiger partial charge >= 0.3 is 5.97 Å². The number of benzene rings is 1. The predicted octanol–water partition coefficient (Wildman–Crippen LogP) is 1.69. The van der Waals surface area contributed by atoms with Crippen molar-refractivity contribution in [3.05, 3.63) is 53.1 Å². The first-order valence-electron chi connectivity index (χ1n) is 7.57. The van der Waals surface area contributed by atoms with Crippen molar-refractivity contribution in [2.24, 2.45) is 7.05 Å². The fourth-order valence-corrected chi connectivity index (χ4v) is 2.66. The van der Waals surface area contributed by atoms with Crippen LogP contribution in [0, 0.1) is 6.92 Å². The van der Waals surface area contributed by atoms with Crippen LogP contribution >= 0.6 is 11.6 Å². The van der Waals surface area contributed by atoms with Gasteiger partial charge in [0.05, 0.1) is 23.3 Å². The minimum Gasteiger partial charge on any atom is -0.480 e. The maximum Gasteiger partial charge on any atom is 0.323 e. The standard InChI is InChI=1S/C16H15ClN6O3/c1-10-15(19-20-23(10)12-5-3-4-11(17)6-12)16(26)22(9-14(24)25)13-7-18-21(2)8-13/h3-8H,9H2,1-2H3,(H,24,25). The Balaban J connectivity index is 1.99. The Labute approximate surface area is 153 Å². The minimum atomic E-state index is -1.15. The van der Waals surface area contributed by atoms with E-state index in [1.54, 1.807) is 44.4 Å². The number of carbonyl (C=O) groups excluding carboxylic acids is 1. The number of amides is 1. The van der Waals surface area contributed by atoms with E-state index in [0.29, 0.717) is 22.1 Å². The van der Waals surface area contributed by atoms with Gasteiger partial charge < -0.3 is 5.11 Å². The monoisotopic (exact) mass is 374 g/mol. The van der Waals surface area contributed by atoms with Crippen molar-refractivity contribution in [3.8, 4) is 5.69 Å². The number of carbonyl (C=O) groups is 2. The number of aliphatic carboxylic acids is 1. The third-order valence-corrected chi connectivity index (χ3v) is 3.93. The van der Waals surface area contributed by atoms with Crippen LogP contribution in [0.4, 0.5) is 5.69 Å². The van der Waals surface area contributed by atoms with Crippen molar-refractivity contribution in [1.82, 2.24) is 24.8 Å². The quantitative estimate of drug-likeness (QED) is 0.728. The summed E-state index contributed by atoms with van der Waals surface area (Å²) in [5, 5.41) is 21.6. The average Bonchev–Trinajstić information content (AvgIpc) is 3.18. The predicted molar refractivity (Wildman–Crippen MR) is 93.6 cm³/mol. The lowest BCUT2D eigenvalue weighted by Crippen LogP contribution is -2.36. The van der Waals surface area contributed by atoms with Crippen LogP contribution in [0.1, 0.15) is 16.2 Å². The Hall–Kier alpha value is -3.20. The normalized spacial score (nSPS) is 10.7. The summed E-state index contributed by atoms with van der Waals surface area (Å²) in [4.78, 5) is 25.2. The first kappa shape index (κ1) is 17.6. The molecule has 134 valence electrons.